The summed E-state index contributed by atoms with van der Waals surface area (Å²) in [6, 6.07) is 5.29. The fourth-order valence-corrected chi connectivity index (χ4v) is 5.92. The zero-order valence-electron chi connectivity index (χ0n) is 21.2. The lowest BCUT2D eigenvalue weighted by Gasteiger charge is -2.15. The molecule has 0 radical (unpaired) electrons. The molecule has 13 heteroatoms. The average molecular weight is 551 g/mol. The zero-order chi connectivity index (χ0) is 27.5. The minimum absolute atomic E-state index is 0.00931. The molecule has 2 N–H and O–H groups in total. The van der Waals surface area contributed by atoms with E-state index in [1.807, 2.05) is 0 Å². The van der Waals surface area contributed by atoms with Crippen LogP contribution in [0.15, 0.2) is 32.9 Å². The Bertz CT molecular complexity index is 1800. The second kappa shape index (κ2) is 9.32. The number of anilines is 1. The van der Waals surface area contributed by atoms with Gasteiger partial charge in [0.15, 0.2) is 11.2 Å². The molecule has 3 aromatic rings. The number of nitrogens with zero attached hydrogens (tertiary/aromatic N) is 4. The number of nitrogens with one attached hydrogen (secondary N) is 2. The van der Waals surface area contributed by atoms with Crippen molar-refractivity contribution in [2.45, 2.75) is 50.4 Å². The molecule has 6 rings (SSSR count). The number of imidazole rings is 1. The number of hydrogen-bond donors (Lipinski definition) is 2. The van der Waals surface area contributed by atoms with Crippen molar-refractivity contribution in [2.75, 3.05) is 11.9 Å². The van der Waals surface area contributed by atoms with Crippen LogP contribution in [0.5, 0.6) is 0 Å². The van der Waals surface area contributed by atoms with Gasteiger partial charge in [0.1, 0.15) is 5.78 Å². The van der Waals surface area contributed by atoms with Crippen LogP contribution in [0.25, 0.3) is 11.2 Å². The van der Waals surface area contributed by atoms with Crippen molar-refractivity contribution >= 4 is 38.6 Å². The largest absolute Gasteiger partial charge is 0.333 e. The third-order valence-electron chi connectivity index (χ3n) is 7.15. The first-order chi connectivity index (χ1) is 18.6. The molecule has 3 aliphatic rings. The van der Waals surface area contributed by atoms with Gasteiger partial charge in [0.2, 0.25) is 11.1 Å². The summed E-state index contributed by atoms with van der Waals surface area (Å²) < 4.78 is 30.7. The fraction of sp³-hybridized carbons (Fsp3) is 0.423. The van der Waals surface area contributed by atoms with Gasteiger partial charge in [-0.15, -0.1) is 0 Å². The zero-order valence-corrected chi connectivity index (χ0v) is 22.0. The number of amides is 1. The van der Waals surface area contributed by atoms with E-state index in [4.69, 9.17) is 0 Å². The Hall–Kier alpha value is -4.02. The molecule has 2 aromatic heterocycles. The van der Waals surface area contributed by atoms with E-state index in [-0.39, 0.29) is 65.9 Å². The van der Waals surface area contributed by atoms with Crippen LogP contribution in [-0.4, -0.2) is 45.3 Å². The van der Waals surface area contributed by atoms with E-state index in [0.29, 0.717) is 11.3 Å². The summed E-state index contributed by atoms with van der Waals surface area (Å²) in [5.74, 6) is 6.11. The highest BCUT2D eigenvalue weighted by Crippen LogP contribution is 2.32. The Labute approximate surface area is 223 Å². The van der Waals surface area contributed by atoms with Crippen LogP contribution in [0.2, 0.25) is 0 Å². The summed E-state index contributed by atoms with van der Waals surface area (Å²) in [7, 11) is -2.60. The Morgan fingerprint density at radius 2 is 1.87 bits per heavy atom. The summed E-state index contributed by atoms with van der Waals surface area (Å²) in [5, 5.41) is 2.58. The number of aromatic nitrogens is 4. The molecule has 0 unspecified atom stereocenters. The van der Waals surface area contributed by atoms with Gasteiger partial charge in [-0.05, 0) is 49.4 Å². The summed E-state index contributed by atoms with van der Waals surface area (Å²) in [6.07, 6.45) is 3.77. The lowest BCUT2D eigenvalue weighted by Crippen LogP contribution is -2.40. The molecule has 0 atom stereocenters. The van der Waals surface area contributed by atoms with E-state index in [1.165, 1.54) is 16.2 Å². The van der Waals surface area contributed by atoms with Crippen molar-refractivity contribution in [3.63, 3.8) is 0 Å². The molecule has 1 aromatic carbocycles. The number of ketones is 1. The molecule has 2 aliphatic carbocycles. The van der Waals surface area contributed by atoms with E-state index in [0.717, 1.165) is 35.8 Å². The van der Waals surface area contributed by atoms with Gasteiger partial charge < -0.3 is 9.88 Å². The lowest BCUT2D eigenvalue weighted by atomic mass is 10.0. The predicted molar refractivity (Wildman–Crippen MR) is 141 cm³/mol. The van der Waals surface area contributed by atoms with Gasteiger partial charge >= 0.3 is 5.69 Å². The monoisotopic (exact) mass is 550 g/mol. The van der Waals surface area contributed by atoms with Crippen LogP contribution in [0.3, 0.4) is 0 Å². The highest BCUT2D eigenvalue weighted by atomic mass is 32.2. The minimum Gasteiger partial charge on any atom is -0.326 e. The van der Waals surface area contributed by atoms with Crippen LogP contribution in [0, 0.1) is 23.7 Å². The van der Waals surface area contributed by atoms with Crippen molar-refractivity contribution in [3.05, 3.63) is 50.2 Å². The van der Waals surface area contributed by atoms with Gasteiger partial charge in [0.25, 0.3) is 15.6 Å². The van der Waals surface area contributed by atoms with E-state index in [2.05, 4.69) is 26.9 Å². The van der Waals surface area contributed by atoms with E-state index >= 15 is 0 Å². The van der Waals surface area contributed by atoms with Crippen LogP contribution < -0.4 is 21.3 Å². The smallest absolute Gasteiger partial charge is 0.326 e. The summed E-state index contributed by atoms with van der Waals surface area (Å²) in [5.41, 5.74) is 0.491. The molecule has 0 spiro atoms. The van der Waals surface area contributed by atoms with Crippen molar-refractivity contribution in [1.82, 2.24) is 23.4 Å². The van der Waals surface area contributed by atoms with Crippen molar-refractivity contribution in [2.24, 2.45) is 18.9 Å². The standard InChI is InChI=1S/C26H26N6O6S/c1-30-24(35)21-22(29-25-31(21)10-8-27-39(25,37)38)32(26(30)36)9-2-3-15-11-16(14-20(33)17-4-5-17)13-19(12-15)28-23(34)18-6-7-18/h11-13,17-18,27H,4-10,14H2,1H3,(H,28,34). The van der Waals surface area contributed by atoms with Gasteiger partial charge in [-0.3, -0.25) is 23.5 Å². The van der Waals surface area contributed by atoms with Gasteiger partial charge in [-0.25, -0.2) is 17.9 Å². The molecule has 2 fully saturated rings. The second-order valence-corrected chi connectivity index (χ2v) is 11.9. The van der Waals surface area contributed by atoms with Gasteiger partial charge in [-0.2, -0.15) is 4.98 Å². The van der Waals surface area contributed by atoms with E-state index < -0.39 is 21.3 Å². The molecular weight excluding hydrogens is 524 g/mol. The number of benzene rings is 1. The van der Waals surface area contributed by atoms with Crippen molar-refractivity contribution in [3.8, 4) is 11.8 Å². The van der Waals surface area contributed by atoms with E-state index in [1.54, 1.807) is 18.2 Å². The van der Waals surface area contributed by atoms with Crippen LogP contribution in [-0.2, 0) is 46.2 Å². The SMILES string of the molecule is Cn1c(=O)c2c(nc3n2CCNS3(=O)=O)n(CC#Cc2cc(CC(=O)C3CC3)cc(NC(=O)C3CC3)c2)c1=O. The first-order valence-electron chi connectivity index (χ1n) is 12.8. The van der Waals surface area contributed by atoms with Crippen LogP contribution in [0.1, 0.15) is 36.8 Å². The molecule has 2 saturated carbocycles. The Morgan fingerprint density at radius 1 is 1.13 bits per heavy atom. The molecule has 1 amide bonds. The molecule has 1 aliphatic heterocycles. The maximum absolute atomic E-state index is 13.0. The third-order valence-corrected chi connectivity index (χ3v) is 8.53. The number of carbonyl (C=O) groups excluding carboxylic acids is 2. The molecule has 3 heterocycles. The fourth-order valence-electron chi connectivity index (χ4n) is 4.75. The highest BCUT2D eigenvalue weighted by molar-refractivity contribution is 7.89. The van der Waals surface area contributed by atoms with Gasteiger partial charge in [-0.1, -0.05) is 11.8 Å². The minimum atomic E-state index is -3.92. The summed E-state index contributed by atoms with van der Waals surface area (Å²) >= 11 is 0. The third kappa shape index (κ3) is 4.81. The topological polar surface area (TPSA) is 154 Å². The first kappa shape index (κ1) is 25.3. The number of hydrogen-bond acceptors (Lipinski definition) is 7. The maximum Gasteiger partial charge on any atom is 0.333 e. The van der Waals surface area contributed by atoms with Gasteiger partial charge in [0.05, 0.1) is 6.54 Å². The number of sulfonamides is 1. The van der Waals surface area contributed by atoms with Crippen molar-refractivity contribution < 1.29 is 18.0 Å². The molecular formula is C26H26N6O6S. The number of Topliss-reactive ketones (excluding diaryl/α,β-unsaturated/α-hetero) is 1. The Kier molecular flexibility index (Phi) is 6.04. The highest BCUT2D eigenvalue weighted by Gasteiger charge is 2.32. The number of rotatable bonds is 6. The van der Waals surface area contributed by atoms with Crippen molar-refractivity contribution in [1.29, 1.82) is 0 Å². The molecule has 12 nitrogen and oxygen atoms in total. The van der Waals surface area contributed by atoms with Crippen LogP contribution >= 0.6 is 0 Å². The molecule has 0 bridgehead atoms. The lowest BCUT2D eigenvalue weighted by molar-refractivity contribution is -0.119. The van der Waals surface area contributed by atoms with E-state index in [9.17, 15) is 27.6 Å². The quantitative estimate of drug-likeness (QED) is 0.413. The molecule has 0 saturated heterocycles. The first-order valence-corrected chi connectivity index (χ1v) is 14.3. The normalized spacial score (nSPS) is 17.8. The second-order valence-electron chi connectivity index (χ2n) is 10.3. The Morgan fingerprint density at radius 3 is 2.59 bits per heavy atom. The maximum atomic E-state index is 13.0. The number of fused-ring (bicyclic) bond motifs is 3. The molecule has 39 heavy (non-hydrogen) atoms. The van der Waals surface area contributed by atoms with Gasteiger partial charge in [0, 0.05) is 49.6 Å². The summed E-state index contributed by atoms with van der Waals surface area (Å²) in [6.45, 7) is 0.135. The Balaban J connectivity index is 1.37. The predicted octanol–water partition coefficient (Wildman–Crippen LogP) is 0.110. The summed E-state index contributed by atoms with van der Waals surface area (Å²) in [4.78, 5) is 54.8. The number of carbonyl (C=O) groups is 2. The van der Waals surface area contributed by atoms with Crippen LogP contribution in [0.4, 0.5) is 5.69 Å². The molecule has 202 valence electrons. The average Bonchev–Trinajstić information content (AvgIpc) is 3.80.